The maximum absolute atomic E-state index is 13.9. The first kappa shape index (κ1) is 13.0. The van der Waals surface area contributed by atoms with Gasteiger partial charge in [0.05, 0.1) is 10.6 Å². The largest absolute Gasteiger partial charge is 0.388 e. The summed E-state index contributed by atoms with van der Waals surface area (Å²) in [4.78, 5) is 0. The summed E-state index contributed by atoms with van der Waals surface area (Å²) in [5.41, 5.74) is 0.429. The molecule has 3 heteroatoms. The zero-order valence-electron chi connectivity index (χ0n) is 10.00. The molecule has 94 valence electrons. The third kappa shape index (κ3) is 2.89. The van der Waals surface area contributed by atoms with Gasteiger partial charge in [0.25, 0.3) is 0 Å². The Hall–Kier alpha value is -0.410. The van der Waals surface area contributed by atoms with E-state index in [0.717, 1.165) is 19.3 Å². The van der Waals surface area contributed by atoms with Crippen molar-refractivity contribution in [1.82, 2.24) is 0 Å². The standard InChI is InChI=1S/C14H18BrFO/c1-9-4-2-5-10(8-9)14(17)11-6-3-7-12(15)13(11)16/h3,6-7,9-10,14,17H,2,4-5,8H2,1H3. The molecule has 0 spiro atoms. The first-order valence-corrected chi connectivity index (χ1v) is 7.01. The monoisotopic (exact) mass is 300 g/mol. The van der Waals surface area contributed by atoms with Crippen LogP contribution in [0.5, 0.6) is 0 Å². The van der Waals surface area contributed by atoms with Gasteiger partial charge in [-0.2, -0.15) is 0 Å². The summed E-state index contributed by atoms with van der Waals surface area (Å²) in [5.74, 6) is 0.513. The fourth-order valence-corrected chi connectivity index (χ4v) is 3.15. The van der Waals surface area contributed by atoms with E-state index in [9.17, 15) is 9.50 Å². The quantitative estimate of drug-likeness (QED) is 0.855. The van der Waals surface area contributed by atoms with E-state index in [0.29, 0.717) is 16.0 Å². The molecule has 0 aromatic heterocycles. The highest BCUT2D eigenvalue weighted by Gasteiger charge is 2.28. The van der Waals surface area contributed by atoms with E-state index in [-0.39, 0.29) is 11.7 Å². The van der Waals surface area contributed by atoms with Crippen molar-refractivity contribution < 1.29 is 9.50 Å². The van der Waals surface area contributed by atoms with E-state index in [4.69, 9.17) is 0 Å². The van der Waals surface area contributed by atoms with Crippen LogP contribution >= 0.6 is 15.9 Å². The molecule has 1 aromatic rings. The van der Waals surface area contributed by atoms with Crippen LogP contribution in [0.1, 0.15) is 44.3 Å². The third-order valence-electron chi connectivity index (χ3n) is 3.72. The molecule has 3 atom stereocenters. The van der Waals surface area contributed by atoms with E-state index in [1.807, 2.05) is 0 Å². The van der Waals surface area contributed by atoms with Gasteiger partial charge in [-0.1, -0.05) is 31.9 Å². The third-order valence-corrected chi connectivity index (χ3v) is 4.34. The van der Waals surface area contributed by atoms with Crippen LogP contribution in [-0.4, -0.2) is 5.11 Å². The van der Waals surface area contributed by atoms with Crippen molar-refractivity contribution in [3.05, 3.63) is 34.1 Å². The molecule has 0 amide bonds. The van der Waals surface area contributed by atoms with Crippen molar-refractivity contribution >= 4 is 15.9 Å². The Morgan fingerprint density at radius 3 is 2.88 bits per heavy atom. The van der Waals surface area contributed by atoms with Crippen molar-refractivity contribution in [3.63, 3.8) is 0 Å². The van der Waals surface area contributed by atoms with Crippen LogP contribution in [0.25, 0.3) is 0 Å². The fourth-order valence-electron chi connectivity index (χ4n) is 2.77. The Balaban J connectivity index is 2.18. The average Bonchev–Trinajstić information content (AvgIpc) is 2.32. The Morgan fingerprint density at radius 1 is 1.41 bits per heavy atom. The second-order valence-corrected chi connectivity index (χ2v) is 5.97. The van der Waals surface area contributed by atoms with Crippen LogP contribution < -0.4 is 0 Å². The minimum Gasteiger partial charge on any atom is -0.388 e. The SMILES string of the molecule is CC1CCCC(C(O)c2cccc(Br)c2F)C1. The van der Waals surface area contributed by atoms with Crippen LogP contribution in [0.3, 0.4) is 0 Å². The second-order valence-electron chi connectivity index (χ2n) is 5.12. The van der Waals surface area contributed by atoms with Crippen LogP contribution in [0.2, 0.25) is 0 Å². The Bertz CT molecular complexity index is 394. The fraction of sp³-hybridized carbons (Fsp3) is 0.571. The van der Waals surface area contributed by atoms with Crippen LogP contribution in [0.4, 0.5) is 4.39 Å². The number of hydrogen-bond donors (Lipinski definition) is 1. The molecule has 1 aliphatic rings. The molecule has 0 bridgehead atoms. The number of aliphatic hydroxyl groups excluding tert-OH is 1. The van der Waals surface area contributed by atoms with E-state index in [1.54, 1.807) is 18.2 Å². The van der Waals surface area contributed by atoms with Gasteiger partial charge in [0.2, 0.25) is 0 Å². The minimum absolute atomic E-state index is 0.197. The van der Waals surface area contributed by atoms with Gasteiger partial charge in [-0.25, -0.2) is 4.39 Å². The van der Waals surface area contributed by atoms with Crippen molar-refractivity contribution in [1.29, 1.82) is 0 Å². The summed E-state index contributed by atoms with van der Waals surface area (Å²) >= 11 is 3.16. The number of benzene rings is 1. The molecular formula is C14H18BrFO. The Labute approximate surface area is 110 Å². The molecule has 0 aliphatic heterocycles. The summed E-state index contributed by atoms with van der Waals surface area (Å²) in [6.45, 7) is 2.20. The van der Waals surface area contributed by atoms with Crippen LogP contribution in [0.15, 0.2) is 22.7 Å². The zero-order chi connectivity index (χ0) is 12.4. The van der Waals surface area contributed by atoms with E-state index in [2.05, 4.69) is 22.9 Å². The molecule has 1 fully saturated rings. The highest BCUT2D eigenvalue weighted by molar-refractivity contribution is 9.10. The molecule has 0 heterocycles. The molecule has 0 saturated heterocycles. The highest BCUT2D eigenvalue weighted by Crippen LogP contribution is 2.38. The average molecular weight is 301 g/mol. The molecule has 1 aromatic carbocycles. The Kier molecular flexibility index (Phi) is 4.21. The lowest BCUT2D eigenvalue weighted by atomic mass is 9.78. The number of hydrogen-bond acceptors (Lipinski definition) is 1. The highest BCUT2D eigenvalue weighted by atomic mass is 79.9. The predicted molar refractivity (Wildman–Crippen MR) is 70.2 cm³/mol. The first-order valence-electron chi connectivity index (χ1n) is 6.21. The summed E-state index contributed by atoms with van der Waals surface area (Å²) in [7, 11) is 0. The van der Waals surface area contributed by atoms with Gasteiger partial charge in [0.1, 0.15) is 5.82 Å². The van der Waals surface area contributed by atoms with Crippen molar-refractivity contribution in [3.8, 4) is 0 Å². The summed E-state index contributed by atoms with van der Waals surface area (Å²) in [5, 5.41) is 10.3. The lowest BCUT2D eigenvalue weighted by Gasteiger charge is -2.30. The molecule has 17 heavy (non-hydrogen) atoms. The predicted octanol–water partition coefficient (Wildman–Crippen LogP) is 4.45. The van der Waals surface area contributed by atoms with Crippen molar-refractivity contribution in [2.24, 2.45) is 11.8 Å². The van der Waals surface area contributed by atoms with E-state index >= 15 is 0 Å². The molecule has 1 saturated carbocycles. The molecule has 1 nitrogen and oxygen atoms in total. The molecule has 0 radical (unpaired) electrons. The summed E-state index contributed by atoms with van der Waals surface area (Å²) in [6.07, 6.45) is 3.68. The molecule has 3 unspecified atom stereocenters. The van der Waals surface area contributed by atoms with Crippen LogP contribution in [0, 0.1) is 17.7 Å². The normalized spacial score (nSPS) is 26.8. The van der Waals surface area contributed by atoms with Gasteiger partial charge >= 0.3 is 0 Å². The summed E-state index contributed by atoms with van der Waals surface area (Å²) < 4.78 is 14.3. The van der Waals surface area contributed by atoms with Gasteiger partial charge in [-0.3, -0.25) is 0 Å². The van der Waals surface area contributed by atoms with E-state index in [1.165, 1.54) is 6.42 Å². The van der Waals surface area contributed by atoms with Crippen molar-refractivity contribution in [2.45, 2.75) is 38.7 Å². The number of aliphatic hydroxyl groups is 1. The molecule has 2 rings (SSSR count). The lowest BCUT2D eigenvalue weighted by Crippen LogP contribution is -2.21. The zero-order valence-corrected chi connectivity index (χ0v) is 11.6. The molecular weight excluding hydrogens is 283 g/mol. The molecule has 1 N–H and O–H groups in total. The minimum atomic E-state index is -0.671. The van der Waals surface area contributed by atoms with Gasteiger partial charge in [0, 0.05) is 5.56 Å². The number of rotatable bonds is 2. The van der Waals surface area contributed by atoms with Crippen LogP contribution in [-0.2, 0) is 0 Å². The Morgan fingerprint density at radius 2 is 2.18 bits per heavy atom. The maximum Gasteiger partial charge on any atom is 0.143 e. The van der Waals surface area contributed by atoms with E-state index < -0.39 is 6.10 Å². The van der Waals surface area contributed by atoms with Crippen molar-refractivity contribution in [2.75, 3.05) is 0 Å². The van der Waals surface area contributed by atoms with Gasteiger partial charge in [-0.15, -0.1) is 0 Å². The topological polar surface area (TPSA) is 20.2 Å². The van der Waals surface area contributed by atoms with Gasteiger partial charge < -0.3 is 5.11 Å². The lowest BCUT2D eigenvalue weighted by molar-refractivity contribution is 0.0684. The molecule has 1 aliphatic carbocycles. The first-order chi connectivity index (χ1) is 8.09. The number of halogens is 2. The smallest absolute Gasteiger partial charge is 0.143 e. The summed E-state index contributed by atoms with van der Waals surface area (Å²) in [6, 6.07) is 5.12. The maximum atomic E-state index is 13.9. The van der Waals surface area contributed by atoms with Gasteiger partial charge in [0.15, 0.2) is 0 Å². The van der Waals surface area contributed by atoms with Gasteiger partial charge in [-0.05, 0) is 46.7 Å². The second kappa shape index (κ2) is 5.49.